The first kappa shape index (κ1) is 12.8. The molecule has 1 fully saturated rings. The molecular weight excluding hydrogens is 230 g/mol. The van der Waals surface area contributed by atoms with Crippen molar-refractivity contribution in [3.63, 3.8) is 0 Å². The van der Waals surface area contributed by atoms with Gasteiger partial charge < -0.3 is 11.1 Å². The van der Waals surface area contributed by atoms with Gasteiger partial charge in [0.15, 0.2) is 0 Å². The van der Waals surface area contributed by atoms with E-state index in [2.05, 4.69) is 37.2 Å². The van der Waals surface area contributed by atoms with Gasteiger partial charge in [0, 0.05) is 26.2 Å². The monoisotopic (exact) mass is 251 g/mol. The topological polar surface area (TPSA) is 83.2 Å². The van der Waals surface area contributed by atoms with Gasteiger partial charge in [-0.3, -0.25) is 5.01 Å². The summed E-state index contributed by atoms with van der Waals surface area (Å²) in [7, 11) is 0. The zero-order valence-corrected chi connectivity index (χ0v) is 11.1. The second-order valence-electron chi connectivity index (χ2n) is 4.22. The van der Waals surface area contributed by atoms with Crippen molar-refractivity contribution in [2.45, 2.75) is 26.7 Å². The molecule has 1 aromatic rings. The Bertz CT molecular complexity index is 389. The van der Waals surface area contributed by atoms with Crippen LogP contribution >= 0.6 is 0 Å². The minimum absolute atomic E-state index is 0.258. The number of nitrogens with zero attached hydrogens (tertiary/aromatic N) is 5. The number of rotatable bonds is 5. The van der Waals surface area contributed by atoms with Crippen LogP contribution in [-0.2, 0) is 0 Å². The molecule has 0 amide bonds. The minimum Gasteiger partial charge on any atom is -0.368 e. The Labute approximate surface area is 107 Å². The Hall–Kier alpha value is -1.63. The summed E-state index contributed by atoms with van der Waals surface area (Å²) in [6, 6.07) is 0. The van der Waals surface area contributed by atoms with Gasteiger partial charge in [0.25, 0.3) is 0 Å². The molecule has 2 heterocycles. The van der Waals surface area contributed by atoms with E-state index in [1.54, 1.807) is 0 Å². The van der Waals surface area contributed by atoms with E-state index >= 15 is 0 Å². The minimum atomic E-state index is 0.258. The smallest absolute Gasteiger partial charge is 0.246 e. The zero-order chi connectivity index (χ0) is 13.0. The van der Waals surface area contributed by atoms with Crippen molar-refractivity contribution in [1.82, 2.24) is 20.0 Å². The van der Waals surface area contributed by atoms with E-state index in [0.717, 1.165) is 26.2 Å². The van der Waals surface area contributed by atoms with E-state index in [1.807, 2.05) is 6.92 Å². The Kier molecular flexibility index (Phi) is 4.14. The first-order valence-electron chi connectivity index (χ1n) is 6.52. The van der Waals surface area contributed by atoms with Crippen molar-refractivity contribution in [2.75, 3.05) is 42.2 Å². The lowest BCUT2D eigenvalue weighted by atomic mass is 10.4. The fourth-order valence-corrected chi connectivity index (χ4v) is 2.14. The molecule has 7 heteroatoms. The van der Waals surface area contributed by atoms with E-state index in [0.29, 0.717) is 11.9 Å². The molecule has 100 valence electrons. The molecular formula is C11H21N7. The maximum atomic E-state index is 5.73. The van der Waals surface area contributed by atoms with Crippen LogP contribution in [0.4, 0.5) is 17.8 Å². The average molecular weight is 251 g/mol. The van der Waals surface area contributed by atoms with E-state index < -0.39 is 0 Å². The predicted octanol–water partition coefficient (Wildman–Crippen LogP) is 0.723. The quantitative estimate of drug-likeness (QED) is 0.797. The van der Waals surface area contributed by atoms with Crippen molar-refractivity contribution in [3.05, 3.63) is 0 Å². The van der Waals surface area contributed by atoms with Crippen LogP contribution in [0.1, 0.15) is 26.7 Å². The summed E-state index contributed by atoms with van der Waals surface area (Å²) in [6.07, 6.45) is 2.44. The van der Waals surface area contributed by atoms with Gasteiger partial charge in [0.1, 0.15) is 0 Å². The van der Waals surface area contributed by atoms with Gasteiger partial charge >= 0.3 is 0 Å². The van der Waals surface area contributed by atoms with E-state index in [-0.39, 0.29) is 5.95 Å². The summed E-state index contributed by atoms with van der Waals surface area (Å²) >= 11 is 0. The van der Waals surface area contributed by atoms with Crippen molar-refractivity contribution in [1.29, 1.82) is 0 Å². The molecule has 0 aliphatic carbocycles. The molecule has 0 atom stereocenters. The van der Waals surface area contributed by atoms with Crippen LogP contribution in [0.25, 0.3) is 0 Å². The standard InChI is InChI=1S/C11H21N7/c1-3-13-10-14-9(12)15-11(16-10)18(4-2)17-7-5-6-8-17/h3-8H2,1-2H3,(H3,12,13,14,15,16). The third-order valence-electron chi connectivity index (χ3n) is 2.93. The molecule has 7 nitrogen and oxygen atoms in total. The summed E-state index contributed by atoms with van der Waals surface area (Å²) in [5.74, 6) is 1.43. The second-order valence-corrected chi connectivity index (χ2v) is 4.22. The molecule has 0 radical (unpaired) electrons. The second kappa shape index (κ2) is 5.81. The molecule has 0 unspecified atom stereocenters. The van der Waals surface area contributed by atoms with E-state index in [9.17, 15) is 0 Å². The van der Waals surface area contributed by atoms with Crippen molar-refractivity contribution in [2.24, 2.45) is 0 Å². The molecule has 1 aromatic heterocycles. The molecule has 1 aliphatic rings. The first-order chi connectivity index (χ1) is 8.74. The maximum Gasteiger partial charge on any atom is 0.246 e. The molecule has 2 rings (SSSR count). The molecule has 0 saturated carbocycles. The number of hydrazine groups is 1. The van der Waals surface area contributed by atoms with Crippen molar-refractivity contribution < 1.29 is 0 Å². The first-order valence-corrected chi connectivity index (χ1v) is 6.52. The molecule has 18 heavy (non-hydrogen) atoms. The third kappa shape index (κ3) is 2.79. The summed E-state index contributed by atoms with van der Waals surface area (Å²) in [6.45, 7) is 7.78. The van der Waals surface area contributed by atoms with Crippen molar-refractivity contribution >= 4 is 17.8 Å². The van der Waals surface area contributed by atoms with Crippen LogP contribution < -0.4 is 16.1 Å². The SMILES string of the molecule is CCNc1nc(N)nc(N(CC)N2CCCC2)n1. The number of nitrogens with one attached hydrogen (secondary N) is 1. The van der Waals surface area contributed by atoms with Gasteiger partial charge in [0.2, 0.25) is 17.8 Å². The molecule has 0 spiro atoms. The lowest BCUT2D eigenvalue weighted by molar-refractivity contribution is 0.306. The lowest BCUT2D eigenvalue weighted by Crippen LogP contribution is -2.42. The largest absolute Gasteiger partial charge is 0.368 e. The van der Waals surface area contributed by atoms with Gasteiger partial charge in [-0.25, -0.2) is 5.01 Å². The van der Waals surface area contributed by atoms with Gasteiger partial charge in [-0.1, -0.05) is 0 Å². The van der Waals surface area contributed by atoms with E-state index in [1.165, 1.54) is 12.8 Å². The van der Waals surface area contributed by atoms with Crippen LogP contribution in [0.5, 0.6) is 0 Å². The predicted molar refractivity (Wildman–Crippen MR) is 72.2 cm³/mol. The molecule has 1 aliphatic heterocycles. The molecule has 1 saturated heterocycles. The maximum absolute atomic E-state index is 5.73. The fraction of sp³-hybridized carbons (Fsp3) is 0.727. The Morgan fingerprint density at radius 3 is 2.56 bits per heavy atom. The lowest BCUT2D eigenvalue weighted by Gasteiger charge is -2.30. The van der Waals surface area contributed by atoms with Crippen LogP contribution in [-0.4, -0.2) is 46.1 Å². The molecule has 0 aromatic carbocycles. The number of hydrogen-bond donors (Lipinski definition) is 2. The zero-order valence-electron chi connectivity index (χ0n) is 11.1. The van der Waals surface area contributed by atoms with E-state index in [4.69, 9.17) is 5.73 Å². The molecule has 3 N–H and O–H groups in total. The summed E-state index contributed by atoms with van der Waals surface area (Å²) in [5.41, 5.74) is 5.73. The highest BCUT2D eigenvalue weighted by molar-refractivity contribution is 5.41. The number of hydrogen-bond acceptors (Lipinski definition) is 7. The van der Waals surface area contributed by atoms with Gasteiger partial charge in [0.05, 0.1) is 0 Å². The Morgan fingerprint density at radius 1 is 1.22 bits per heavy atom. The number of nitrogens with two attached hydrogens (primary N) is 1. The van der Waals surface area contributed by atoms with Crippen molar-refractivity contribution in [3.8, 4) is 0 Å². The normalized spacial score (nSPS) is 15.9. The van der Waals surface area contributed by atoms with Crippen LogP contribution in [0.3, 0.4) is 0 Å². The third-order valence-corrected chi connectivity index (χ3v) is 2.93. The number of anilines is 3. The Balaban J connectivity index is 2.23. The number of aromatic nitrogens is 3. The fourth-order valence-electron chi connectivity index (χ4n) is 2.14. The Morgan fingerprint density at radius 2 is 1.94 bits per heavy atom. The van der Waals surface area contributed by atoms with Crippen LogP contribution in [0.15, 0.2) is 0 Å². The molecule has 0 bridgehead atoms. The summed E-state index contributed by atoms with van der Waals surface area (Å²) < 4.78 is 0. The van der Waals surface area contributed by atoms with Gasteiger partial charge in [-0.05, 0) is 26.7 Å². The highest BCUT2D eigenvalue weighted by atomic mass is 15.7. The highest BCUT2D eigenvalue weighted by Gasteiger charge is 2.21. The van der Waals surface area contributed by atoms with Crippen LogP contribution in [0.2, 0.25) is 0 Å². The van der Waals surface area contributed by atoms with Gasteiger partial charge in [-0.15, -0.1) is 0 Å². The van der Waals surface area contributed by atoms with Gasteiger partial charge in [-0.2, -0.15) is 15.0 Å². The van der Waals surface area contributed by atoms with Crippen LogP contribution in [0, 0.1) is 0 Å². The average Bonchev–Trinajstić information content (AvgIpc) is 2.83. The summed E-state index contributed by atoms with van der Waals surface area (Å²) in [5, 5.41) is 7.41. The summed E-state index contributed by atoms with van der Waals surface area (Å²) in [4.78, 5) is 12.7. The number of nitrogen functional groups attached to an aromatic ring is 1. The highest BCUT2D eigenvalue weighted by Crippen LogP contribution is 2.18.